The van der Waals surface area contributed by atoms with E-state index >= 15 is 0 Å². The van der Waals surface area contributed by atoms with Crippen molar-refractivity contribution in [3.05, 3.63) is 23.8 Å². The first-order valence-electron chi connectivity index (χ1n) is 6.29. The molecule has 1 unspecified atom stereocenters. The Bertz CT molecular complexity index is 405. The Morgan fingerprint density at radius 2 is 2.22 bits per heavy atom. The fourth-order valence-corrected chi connectivity index (χ4v) is 1.77. The first kappa shape index (κ1) is 14.5. The van der Waals surface area contributed by atoms with Crippen molar-refractivity contribution in [2.24, 2.45) is 5.92 Å². The lowest BCUT2D eigenvalue weighted by Crippen LogP contribution is -2.07. The third kappa shape index (κ3) is 4.37. The van der Waals surface area contributed by atoms with Gasteiger partial charge in [-0.05, 0) is 43.9 Å². The van der Waals surface area contributed by atoms with Crippen LogP contribution in [0.1, 0.15) is 37.0 Å². The Kier molecular flexibility index (Phi) is 5.65. The summed E-state index contributed by atoms with van der Waals surface area (Å²) in [6, 6.07) is 5.39. The number of anilines is 2. The lowest BCUT2D eigenvalue weighted by molar-refractivity contribution is 0.101. The van der Waals surface area contributed by atoms with Crippen molar-refractivity contribution < 1.29 is 9.90 Å². The van der Waals surface area contributed by atoms with Crippen molar-refractivity contribution in [2.45, 2.75) is 26.7 Å². The summed E-state index contributed by atoms with van der Waals surface area (Å²) in [5.74, 6) is 0.327. The van der Waals surface area contributed by atoms with Gasteiger partial charge in [0.25, 0.3) is 0 Å². The van der Waals surface area contributed by atoms with Crippen LogP contribution in [-0.4, -0.2) is 24.0 Å². The molecule has 0 bridgehead atoms. The summed E-state index contributed by atoms with van der Waals surface area (Å²) in [4.78, 5) is 11.2. The SMILES string of the molecule is CC(=O)c1ccc(NCCCC(C)CO)cc1N. The normalized spacial score (nSPS) is 12.2. The standard InChI is InChI=1S/C14H22N2O2/c1-10(9-17)4-3-7-16-12-5-6-13(11(2)18)14(15)8-12/h5-6,8,10,16-17H,3-4,7,9,15H2,1-2H3. The van der Waals surface area contributed by atoms with E-state index in [0.717, 1.165) is 25.1 Å². The van der Waals surface area contributed by atoms with Crippen LogP contribution >= 0.6 is 0 Å². The van der Waals surface area contributed by atoms with Gasteiger partial charge in [-0.2, -0.15) is 0 Å². The van der Waals surface area contributed by atoms with Gasteiger partial charge in [-0.15, -0.1) is 0 Å². The summed E-state index contributed by atoms with van der Waals surface area (Å²) in [5.41, 5.74) is 7.80. The van der Waals surface area contributed by atoms with E-state index in [1.54, 1.807) is 12.1 Å². The molecule has 1 atom stereocenters. The van der Waals surface area contributed by atoms with Gasteiger partial charge in [0.15, 0.2) is 5.78 Å². The molecular formula is C14H22N2O2. The highest BCUT2D eigenvalue weighted by Crippen LogP contribution is 2.18. The summed E-state index contributed by atoms with van der Waals surface area (Å²) >= 11 is 0. The number of rotatable bonds is 7. The number of nitrogen functional groups attached to an aromatic ring is 1. The van der Waals surface area contributed by atoms with Gasteiger partial charge in [0.1, 0.15) is 0 Å². The van der Waals surface area contributed by atoms with Gasteiger partial charge >= 0.3 is 0 Å². The summed E-state index contributed by atoms with van der Waals surface area (Å²) < 4.78 is 0. The zero-order chi connectivity index (χ0) is 13.5. The number of carbonyl (C=O) groups excluding carboxylic acids is 1. The Morgan fingerprint density at radius 1 is 1.50 bits per heavy atom. The minimum atomic E-state index is -0.0178. The lowest BCUT2D eigenvalue weighted by atomic mass is 10.1. The van der Waals surface area contributed by atoms with E-state index < -0.39 is 0 Å². The summed E-state index contributed by atoms with van der Waals surface area (Å²) in [6.07, 6.45) is 1.99. The van der Waals surface area contributed by atoms with E-state index in [4.69, 9.17) is 10.8 Å². The molecule has 0 spiro atoms. The van der Waals surface area contributed by atoms with Gasteiger partial charge in [0, 0.05) is 30.1 Å². The zero-order valence-electron chi connectivity index (χ0n) is 11.1. The fourth-order valence-electron chi connectivity index (χ4n) is 1.77. The topological polar surface area (TPSA) is 75.3 Å². The molecule has 0 aromatic heterocycles. The number of carbonyl (C=O) groups is 1. The van der Waals surface area contributed by atoms with Crippen molar-refractivity contribution in [3.63, 3.8) is 0 Å². The van der Waals surface area contributed by atoms with Gasteiger partial charge in [0.2, 0.25) is 0 Å². The molecule has 0 aliphatic heterocycles. The van der Waals surface area contributed by atoms with Crippen molar-refractivity contribution in [2.75, 3.05) is 24.2 Å². The lowest BCUT2D eigenvalue weighted by Gasteiger charge is -2.10. The minimum absolute atomic E-state index is 0.0178. The molecule has 0 amide bonds. The molecule has 0 saturated carbocycles. The maximum atomic E-state index is 11.2. The smallest absolute Gasteiger partial charge is 0.161 e. The van der Waals surface area contributed by atoms with Crippen LogP contribution in [0.2, 0.25) is 0 Å². The second kappa shape index (κ2) is 7.01. The average molecular weight is 250 g/mol. The van der Waals surface area contributed by atoms with Gasteiger partial charge in [0.05, 0.1) is 0 Å². The van der Waals surface area contributed by atoms with E-state index in [2.05, 4.69) is 5.32 Å². The molecule has 4 N–H and O–H groups in total. The molecule has 4 nitrogen and oxygen atoms in total. The number of aliphatic hydroxyl groups is 1. The third-order valence-corrected chi connectivity index (χ3v) is 2.95. The fraction of sp³-hybridized carbons (Fsp3) is 0.500. The number of aliphatic hydroxyl groups excluding tert-OH is 1. The van der Waals surface area contributed by atoms with Crippen molar-refractivity contribution in [1.82, 2.24) is 0 Å². The largest absolute Gasteiger partial charge is 0.398 e. The summed E-state index contributed by atoms with van der Waals surface area (Å²) in [5, 5.41) is 12.2. The Morgan fingerprint density at radius 3 is 2.78 bits per heavy atom. The molecule has 0 heterocycles. The number of hydrogen-bond acceptors (Lipinski definition) is 4. The van der Waals surface area contributed by atoms with E-state index in [-0.39, 0.29) is 12.4 Å². The number of Topliss-reactive ketones (excluding diaryl/α,β-unsaturated/α-hetero) is 1. The van der Waals surface area contributed by atoms with Crippen molar-refractivity contribution in [3.8, 4) is 0 Å². The van der Waals surface area contributed by atoms with Crippen molar-refractivity contribution >= 4 is 17.2 Å². The van der Waals surface area contributed by atoms with Crippen LogP contribution in [0.5, 0.6) is 0 Å². The van der Waals surface area contributed by atoms with Gasteiger partial charge in [-0.1, -0.05) is 6.92 Å². The molecule has 0 radical (unpaired) electrons. The van der Waals surface area contributed by atoms with E-state index in [0.29, 0.717) is 17.2 Å². The summed E-state index contributed by atoms with van der Waals surface area (Å²) in [7, 11) is 0. The number of nitrogens with two attached hydrogens (primary N) is 1. The molecule has 18 heavy (non-hydrogen) atoms. The van der Waals surface area contributed by atoms with E-state index in [1.807, 2.05) is 13.0 Å². The highest BCUT2D eigenvalue weighted by molar-refractivity contribution is 5.99. The monoisotopic (exact) mass is 250 g/mol. The Hall–Kier alpha value is -1.55. The maximum Gasteiger partial charge on any atom is 0.161 e. The second-order valence-electron chi connectivity index (χ2n) is 4.71. The van der Waals surface area contributed by atoms with Crippen LogP contribution in [0.4, 0.5) is 11.4 Å². The average Bonchev–Trinajstić information content (AvgIpc) is 2.34. The number of ketones is 1. The summed E-state index contributed by atoms with van der Waals surface area (Å²) in [6.45, 7) is 4.61. The highest BCUT2D eigenvalue weighted by atomic mass is 16.3. The predicted molar refractivity (Wildman–Crippen MR) is 74.8 cm³/mol. The van der Waals surface area contributed by atoms with Gasteiger partial charge < -0.3 is 16.2 Å². The predicted octanol–water partition coefficient (Wildman–Crippen LogP) is 2.29. The minimum Gasteiger partial charge on any atom is -0.398 e. The first-order valence-corrected chi connectivity index (χ1v) is 6.29. The van der Waals surface area contributed by atoms with Crippen LogP contribution < -0.4 is 11.1 Å². The number of hydrogen-bond donors (Lipinski definition) is 3. The molecule has 1 rings (SSSR count). The molecule has 1 aromatic rings. The Labute approximate surface area is 108 Å². The molecule has 0 aliphatic carbocycles. The molecular weight excluding hydrogens is 228 g/mol. The molecule has 4 heteroatoms. The van der Waals surface area contributed by atoms with Gasteiger partial charge in [-0.3, -0.25) is 4.79 Å². The molecule has 0 saturated heterocycles. The maximum absolute atomic E-state index is 11.2. The quantitative estimate of drug-likeness (QED) is 0.394. The molecule has 1 aromatic carbocycles. The van der Waals surface area contributed by atoms with Crippen molar-refractivity contribution in [1.29, 1.82) is 0 Å². The number of benzene rings is 1. The Balaban J connectivity index is 2.44. The van der Waals surface area contributed by atoms with E-state index in [1.165, 1.54) is 6.92 Å². The number of nitrogens with one attached hydrogen (secondary N) is 1. The first-order chi connectivity index (χ1) is 8.54. The second-order valence-corrected chi connectivity index (χ2v) is 4.71. The third-order valence-electron chi connectivity index (χ3n) is 2.95. The zero-order valence-corrected chi connectivity index (χ0v) is 11.1. The van der Waals surface area contributed by atoms with Crippen LogP contribution in [0.25, 0.3) is 0 Å². The van der Waals surface area contributed by atoms with Crippen LogP contribution in [0.3, 0.4) is 0 Å². The van der Waals surface area contributed by atoms with E-state index in [9.17, 15) is 4.79 Å². The van der Waals surface area contributed by atoms with Crippen LogP contribution in [0.15, 0.2) is 18.2 Å². The molecule has 0 fully saturated rings. The van der Waals surface area contributed by atoms with Crippen LogP contribution in [0, 0.1) is 5.92 Å². The molecule has 0 aliphatic rings. The van der Waals surface area contributed by atoms with Gasteiger partial charge in [-0.25, -0.2) is 0 Å². The van der Waals surface area contributed by atoms with Crippen LogP contribution in [-0.2, 0) is 0 Å². The molecule has 100 valence electrons. The highest BCUT2D eigenvalue weighted by Gasteiger charge is 2.05.